The van der Waals surface area contributed by atoms with Crippen LogP contribution in [0, 0.1) is 0 Å². The number of thiophene rings is 1. The Hall–Kier alpha value is -2.34. The van der Waals surface area contributed by atoms with Gasteiger partial charge in [0.15, 0.2) is 6.10 Å². The molecule has 2 aromatic rings. The van der Waals surface area contributed by atoms with Crippen LogP contribution in [0.2, 0.25) is 0 Å². The lowest BCUT2D eigenvalue weighted by molar-refractivity contribution is -0.152. The zero-order valence-electron chi connectivity index (χ0n) is 12.4. The van der Waals surface area contributed by atoms with Crippen LogP contribution in [0.1, 0.15) is 12.5 Å². The number of hydrogen-bond acceptors (Lipinski definition) is 5. The highest BCUT2D eigenvalue weighted by Gasteiger charge is 2.19. The number of methoxy groups -OCH3 is 1. The lowest BCUT2D eigenvalue weighted by Crippen LogP contribution is -2.30. The van der Waals surface area contributed by atoms with Gasteiger partial charge in [-0.05, 0) is 41.4 Å². The van der Waals surface area contributed by atoms with E-state index in [0.717, 1.165) is 5.56 Å². The molecule has 0 radical (unpaired) electrons. The maximum atomic E-state index is 12.1. The molecular formula is C16H17NO4S. The van der Waals surface area contributed by atoms with E-state index in [1.807, 2.05) is 16.8 Å². The van der Waals surface area contributed by atoms with Gasteiger partial charge in [-0.25, -0.2) is 0 Å². The lowest BCUT2D eigenvalue weighted by Gasteiger charge is -2.15. The van der Waals surface area contributed by atoms with Gasteiger partial charge in [0.2, 0.25) is 0 Å². The smallest absolute Gasteiger partial charge is 0.311 e. The fourth-order valence-electron chi connectivity index (χ4n) is 1.83. The SMILES string of the molecule is COc1ccccc1NC(=O)[C@H](C)OC(=O)Cc1ccsc1. The van der Waals surface area contributed by atoms with Gasteiger partial charge in [-0.15, -0.1) is 0 Å². The Balaban J connectivity index is 1.90. The predicted octanol–water partition coefficient (Wildman–Crippen LogP) is 2.87. The van der Waals surface area contributed by atoms with E-state index in [1.54, 1.807) is 24.3 Å². The third-order valence-corrected chi connectivity index (χ3v) is 3.70. The Morgan fingerprint density at radius 3 is 2.73 bits per heavy atom. The molecule has 0 aliphatic carbocycles. The third-order valence-electron chi connectivity index (χ3n) is 2.97. The van der Waals surface area contributed by atoms with Crippen molar-refractivity contribution in [1.82, 2.24) is 0 Å². The van der Waals surface area contributed by atoms with Crippen LogP contribution < -0.4 is 10.1 Å². The molecule has 0 saturated carbocycles. The molecule has 116 valence electrons. The van der Waals surface area contributed by atoms with Crippen LogP contribution in [-0.4, -0.2) is 25.1 Å². The third kappa shape index (κ3) is 4.33. The van der Waals surface area contributed by atoms with Gasteiger partial charge in [-0.3, -0.25) is 9.59 Å². The number of nitrogens with one attached hydrogen (secondary N) is 1. The average molecular weight is 319 g/mol. The molecule has 1 atom stereocenters. The number of esters is 1. The maximum absolute atomic E-state index is 12.1. The van der Waals surface area contributed by atoms with Crippen molar-refractivity contribution >= 4 is 28.9 Å². The van der Waals surface area contributed by atoms with E-state index in [-0.39, 0.29) is 6.42 Å². The summed E-state index contributed by atoms with van der Waals surface area (Å²) in [4.78, 5) is 23.9. The topological polar surface area (TPSA) is 64.6 Å². The number of rotatable bonds is 6. The van der Waals surface area contributed by atoms with Crippen molar-refractivity contribution in [2.75, 3.05) is 12.4 Å². The van der Waals surface area contributed by atoms with Gasteiger partial charge >= 0.3 is 5.97 Å². The van der Waals surface area contributed by atoms with E-state index in [9.17, 15) is 9.59 Å². The van der Waals surface area contributed by atoms with Crippen LogP contribution in [0.25, 0.3) is 0 Å². The van der Waals surface area contributed by atoms with Crippen molar-refractivity contribution in [2.45, 2.75) is 19.4 Å². The molecule has 1 amide bonds. The summed E-state index contributed by atoms with van der Waals surface area (Å²) in [5.41, 5.74) is 1.42. The second-order valence-electron chi connectivity index (χ2n) is 4.63. The van der Waals surface area contributed by atoms with Crippen molar-refractivity contribution in [2.24, 2.45) is 0 Å². The Morgan fingerprint density at radius 1 is 1.27 bits per heavy atom. The minimum Gasteiger partial charge on any atom is -0.495 e. The Morgan fingerprint density at radius 2 is 2.05 bits per heavy atom. The molecule has 5 nitrogen and oxygen atoms in total. The summed E-state index contributed by atoms with van der Waals surface area (Å²) in [6.45, 7) is 1.54. The number of carbonyl (C=O) groups excluding carboxylic acids is 2. The van der Waals surface area contributed by atoms with E-state index < -0.39 is 18.0 Å². The van der Waals surface area contributed by atoms with Crippen molar-refractivity contribution in [3.8, 4) is 5.75 Å². The first kappa shape index (κ1) is 16.0. The normalized spacial score (nSPS) is 11.5. The largest absolute Gasteiger partial charge is 0.495 e. The van der Waals surface area contributed by atoms with Gasteiger partial charge in [0.05, 0.1) is 19.2 Å². The van der Waals surface area contributed by atoms with Crippen LogP contribution in [0.4, 0.5) is 5.69 Å². The number of amides is 1. The van der Waals surface area contributed by atoms with Crippen LogP contribution in [0.5, 0.6) is 5.75 Å². The molecule has 0 bridgehead atoms. The van der Waals surface area contributed by atoms with E-state index in [2.05, 4.69) is 5.32 Å². The van der Waals surface area contributed by atoms with Crippen LogP contribution >= 0.6 is 11.3 Å². The van der Waals surface area contributed by atoms with Crippen molar-refractivity contribution in [3.05, 3.63) is 46.7 Å². The quantitative estimate of drug-likeness (QED) is 0.832. The van der Waals surface area contributed by atoms with Crippen LogP contribution in [0.3, 0.4) is 0 Å². The van der Waals surface area contributed by atoms with E-state index in [0.29, 0.717) is 11.4 Å². The lowest BCUT2D eigenvalue weighted by atomic mass is 10.2. The Labute approximate surface area is 132 Å². The van der Waals surface area contributed by atoms with Crippen molar-refractivity contribution in [1.29, 1.82) is 0 Å². The van der Waals surface area contributed by atoms with Gasteiger partial charge in [-0.2, -0.15) is 11.3 Å². The number of ether oxygens (including phenoxy) is 2. The fourth-order valence-corrected chi connectivity index (χ4v) is 2.50. The Kier molecular flexibility index (Phi) is 5.55. The number of anilines is 1. The summed E-state index contributed by atoms with van der Waals surface area (Å²) in [6, 6.07) is 8.90. The zero-order chi connectivity index (χ0) is 15.9. The van der Waals surface area contributed by atoms with E-state index in [1.165, 1.54) is 25.4 Å². The molecular weight excluding hydrogens is 302 g/mol. The van der Waals surface area contributed by atoms with Crippen molar-refractivity contribution < 1.29 is 19.1 Å². The molecule has 0 spiro atoms. The standard InChI is InChI=1S/C16H17NO4S/c1-11(21-15(18)9-12-7-8-22-10-12)16(19)17-13-5-3-4-6-14(13)20-2/h3-8,10-11H,9H2,1-2H3,(H,17,19)/t11-/m0/s1. The molecule has 1 aromatic carbocycles. The number of carbonyl (C=O) groups is 2. The molecule has 22 heavy (non-hydrogen) atoms. The van der Waals surface area contributed by atoms with Crippen LogP contribution in [0.15, 0.2) is 41.1 Å². The van der Waals surface area contributed by atoms with Gasteiger partial charge in [-0.1, -0.05) is 12.1 Å². The first-order valence-electron chi connectivity index (χ1n) is 6.74. The first-order chi connectivity index (χ1) is 10.6. The minimum atomic E-state index is -0.879. The summed E-state index contributed by atoms with van der Waals surface area (Å²) >= 11 is 1.51. The predicted molar refractivity (Wildman–Crippen MR) is 85.2 cm³/mol. The summed E-state index contributed by atoms with van der Waals surface area (Å²) in [7, 11) is 1.52. The van der Waals surface area contributed by atoms with Gasteiger partial charge in [0.25, 0.3) is 5.91 Å². The minimum absolute atomic E-state index is 0.162. The summed E-state index contributed by atoms with van der Waals surface area (Å²) in [6.07, 6.45) is -0.716. The van der Waals surface area contributed by atoms with E-state index in [4.69, 9.17) is 9.47 Å². The highest BCUT2D eigenvalue weighted by atomic mass is 32.1. The first-order valence-corrected chi connectivity index (χ1v) is 7.69. The van der Waals surface area contributed by atoms with E-state index >= 15 is 0 Å². The second kappa shape index (κ2) is 7.61. The molecule has 0 fully saturated rings. The maximum Gasteiger partial charge on any atom is 0.311 e. The average Bonchev–Trinajstić information content (AvgIpc) is 3.00. The van der Waals surface area contributed by atoms with Crippen molar-refractivity contribution in [3.63, 3.8) is 0 Å². The molecule has 0 aliphatic rings. The van der Waals surface area contributed by atoms with Crippen LogP contribution in [-0.2, 0) is 20.7 Å². The molecule has 1 heterocycles. The molecule has 1 aromatic heterocycles. The van der Waals surface area contributed by atoms with Gasteiger partial charge in [0, 0.05) is 0 Å². The number of hydrogen-bond donors (Lipinski definition) is 1. The fraction of sp³-hybridized carbons (Fsp3) is 0.250. The second-order valence-corrected chi connectivity index (χ2v) is 5.41. The molecule has 0 aliphatic heterocycles. The van der Waals surface area contributed by atoms with Gasteiger partial charge < -0.3 is 14.8 Å². The Bertz CT molecular complexity index is 639. The molecule has 0 saturated heterocycles. The molecule has 0 unspecified atom stereocenters. The molecule has 6 heteroatoms. The summed E-state index contributed by atoms with van der Waals surface area (Å²) < 4.78 is 10.3. The summed E-state index contributed by atoms with van der Waals surface area (Å²) in [5.74, 6) is -0.281. The number of para-hydroxylation sites is 2. The summed E-state index contributed by atoms with van der Waals surface area (Å²) in [5, 5.41) is 6.45. The molecule has 1 N–H and O–H groups in total. The molecule has 2 rings (SSSR count). The zero-order valence-corrected chi connectivity index (χ0v) is 13.2. The monoisotopic (exact) mass is 319 g/mol. The highest BCUT2D eigenvalue weighted by molar-refractivity contribution is 7.07. The highest BCUT2D eigenvalue weighted by Crippen LogP contribution is 2.23. The number of benzene rings is 1. The van der Waals surface area contributed by atoms with Gasteiger partial charge in [0.1, 0.15) is 5.75 Å².